The second-order valence-electron chi connectivity index (χ2n) is 23.3. The van der Waals surface area contributed by atoms with E-state index >= 15 is 0 Å². The van der Waals surface area contributed by atoms with Crippen LogP contribution in [-0.4, -0.2) is 197 Å². The summed E-state index contributed by atoms with van der Waals surface area (Å²) in [6.45, 7) is 18.0. The molecule has 1 heterocycles. The van der Waals surface area contributed by atoms with Crippen LogP contribution in [0.15, 0.2) is 65.8 Å². The van der Waals surface area contributed by atoms with Gasteiger partial charge in [0.1, 0.15) is 37.0 Å². The number of ketones is 1. The molecule has 5 rings (SSSR count). The van der Waals surface area contributed by atoms with Crippen LogP contribution in [-0.2, 0) is 75.0 Å². The first-order valence-electron chi connectivity index (χ1n) is 30.1. The lowest BCUT2D eigenvalue weighted by Gasteiger charge is -2.40. The van der Waals surface area contributed by atoms with Crippen LogP contribution >= 0.6 is 0 Å². The van der Waals surface area contributed by atoms with Gasteiger partial charge in [-0.2, -0.15) is 0 Å². The van der Waals surface area contributed by atoms with Crippen molar-refractivity contribution in [2.45, 2.75) is 124 Å². The van der Waals surface area contributed by atoms with Crippen molar-refractivity contribution in [1.82, 2.24) is 36.1 Å². The fourth-order valence-corrected chi connectivity index (χ4v) is 10.4. The van der Waals surface area contributed by atoms with Crippen LogP contribution in [0.1, 0.15) is 103 Å². The van der Waals surface area contributed by atoms with Crippen molar-refractivity contribution in [2.24, 2.45) is 22.5 Å². The molecule has 5 atom stereocenters. The molecule has 3 aliphatic carbocycles. The third-order valence-electron chi connectivity index (χ3n) is 15.8. The van der Waals surface area contributed by atoms with Crippen LogP contribution in [0, 0.1) is 23.7 Å². The number of amides is 8. The Hall–Kier alpha value is -7.78. The highest BCUT2D eigenvalue weighted by Crippen LogP contribution is 2.66. The molecule has 1 fully saturated rings. The molecule has 89 heavy (non-hydrogen) atoms. The maximum Gasteiger partial charge on any atom is 0.410 e. The van der Waals surface area contributed by atoms with E-state index in [4.69, 9.17) is 38.9 Å². The topological polar surface area (TPSA) is 344 Å². The smallest absolute Gasteiger partial charge is 0.410 e. The summed E-state index contributed by atoms with van der Waals surface area (Å²) in [4.78, 5) is 123. The molecule has 1 aromatic heterocycles. The standard InChI is InChI=1S/C63H91N9O17/c1-11-44-35-41(4)67-47(36-44)18-19-50(74)65-24-28-84-30-32-86-34-33-85-31-29-83-27-20-51(75)70-53(40(2)3)57(78)69-49(13-12-23-66-58(64)79)56(77)68-46-16-14-45(15-17-46)38-87-59(80)71(9)25-26-72(10)60(81)89-55-52-42(5)63(21-22-63)62(8,82)54(76)48(52)37-61(55,7)39-88-43(6)73/h11,14-17,35-37,40,49,53,55,82H,1,12-13,18-34,38-39H2,2-10H3,(H,65,74)(H,68,77)(H,69,78)(H,70,75)(H3,64,66,79)/t49-,53-,55?,61?,62?/m0/s1. The van der Waals surface area contributed by atoms with Gasteiger partial charge in [0.25, 0.3) is 0 Å². The maximum atomic E-state index is 13.7. The number of carbonyl (C=O) groups is 9. The number of aliphatic hydroxyl groups is 1. The quantitative estimate of drug-likeness (QED) is 0.0283. The molecular formula is C63H91N9O17. The lowest BCUT2D eigenvalue weighted by Crippen LogP contribution is -2.54. The minimum Gasteiger partial charge on any atom is -0.465 e. The first-order valence-corrected chi connectivity index (χ1v) is 30.1. The van der Waals surface area contributed by atoms with Crippen LogP contribution in [0.25, 0.3) is 6.08 Å². The number of likely N-dealkylation sites (N-methyl/N-ethyl adjacent to an activating group) is 2. The average Bonchev–Trinajstić information content (AvgIpc) is 1.55. The van der Waals surface area contributed by atoms with E-state index in [0.717, 1.165) is 22.5 Å². The molecule has 0 aliphatic heterocycles. The number of nitrogens with one attached hydrogen (secondary N) is 5. The monoisotopic (exact) mass is 1250 g/mol. The summed E-state index contributed by atoms with van der Waals surface area (Å²) in [6, 6.07) is 7.45. The molecule has 26 heteroatoms. The summed E-state index contributed by atoms with van der Waals surface area (Å²) >= 11 is 0. The second kappa shape index (κ2) is 34.3. The van der Waals surface area contributed by atoms with Crippen LogP contribution in [0.4, 0.5) is 20.1 Å². The summed E-state index contributed by atoms with van der Waals surface area (Å²) in [5, 5.41) is 25.0. The van der Waals surface area contributed by atoms with Gasteiger partial charge in [-0.25, -0.2) is 14.4 Å². The van der Waals surface area contributed by atoms with Gasteiger partial charge in [0.2, 0.25) is 23.6 Å². The first-order chi connectivity index (χ1) is 42.2. The Morgan fingerprint density at radius 2 is 1.42 bits per heavy atom. The molecule has 3 aliphatic rings. The van der Waals surface area contributed by atoms with Crippen molar-refractivity contribution in [3.63, 3.8) is 0 Å². The lowest BCUT2D eigenvalue weighted by molar-refractivity contribution is -0.145. The molecule has 2 aromatic rings. The SMILES string of the molecule is C=Cc1cc(C)nc(CCC(=O)NCCOCCOCCOCCOCCC(=O)N[C@H](C(=O)N[C@@H](CCCNC(N)=O)C(=O)Nc2ccc(COC(=O)N(C)CCN(C)C(=O)OC3C4=C(C)C5(CC5)C(C)(O)C(=O)C4=CC3(C)COC(C)=O)cc2)C(C)C)c1. The van der Waals surface area contributed by atoms with Crippen LogP contribution < -0.4 is 32.3 Å². The zero-order valence-electron chi connectivity index (χ0n) is 52.9. The number of aryl methyl sites for hydroxylation is 2. The van der Waals surface area contributed by atoms with Crippen molar-refractivity contribution < 1.29 is 81.4 Å². The van der Waals surface area contributed by atoms with Crippen molar-refractivity contribution in [3.05, 3.63) is 88.3 Å². The molecule has 490 valence electrons. The molecular weight excluding hydrogens is 1150 g/mol. The van der Waals surface area contributed by atoms with Crippen LogP contribution in [0.3, 0.4) is 0 Å². The van der Waals surface area contributed by atoms with Gasteiger partial charge in [-0.15, -0.1) is 0 Å². The third kappa shape index (κ3) is 21.5. The number of primary amides is 1. The third-order valence-corrected chi connectivity index (χ3v) is 15.8. The van der Waals surface area contributed by atoms with E-state index in [1.54, 1.807) is 57.2 Å². The van der Waals surface area contributed by atoms with Crippen molar-refractivity contribution in [2.75, 3.05) is 105 Å². The molecule has 8 amide bonds. The Morgan fingerprint density at radius 1 is 0.798 bits per heavy atom. The second-order valence-corrected chi connectivity index (χ2v) is 23.3. The van der Waals surface area contributed by atoms with Gasteiger partial charge in [0, 0.05) is 93.7 Å². The Labute approximate surface area is 520 Å². The minimum absolute atomic E-state index is 0.0315. The number of anilines is 1. The molecule has 1 aromatic carbocycles. The zero-order chi connectivity index (χ0) is 65.5. The van der Waals surface area contributed by atoms with E-state index in [1.807, 2.05) is 26.0 Å². The van der Waals surface area contributed by atoms with Gasteiger partial charge in [-0.05, 0) is 101 Å². The van der Waals surface area contributed by atoms with E-state index < -0.39 is 82.3 Å². The number of hydrogen-bond donors (Lipinski definition) is 7. The molecule has 8 N–H and O–H groups in total. The van der Waals surface area contributed by atoms with E-state index in [1.165, 1.54) is 37.7 Å². The molecule has 0 bridgehead atoms. The summed E-state index contributed by atoms with van der Waals surface area (Å²) in [6.07, 6.45) is 3.29. The predicted octanol–water partition coefficient (Wildman–Crippen LogP) is 4.20. The molecule has 0 radical (unpaired) electrons. The van der Waals surface area contributed by atoms with Crippen molar-refractivity contribution in [1.29, 1.82) is 0 Å². The highest BCUT2D eigenvalue weighted by Gasteiger charge is 2.67. The highest BCUT2D eigenvalue weighted by molar-refractivity contribution is 6.09. The summed E-state index contributed by atoms with van der Waals surface area (Å²) in [5.41, 5.74) is 6.83. The number of aromatic nitrogens is 1. The molecule has 0 saturated heterocycles. The van der Waals surface area contributed by atoms with E-state index in [2.05, 4.69) is 38.1 Å². The number of nitrogens with zero attached hydrogens (tertiary/aromatic N) is 3. The summed E-state index contributed by atoms with van der Waals surface area (Å²) in [5.74, 6) is -3.09. The Morgan fingerprint density at radius 3 is 2.01 bits per heavy atom. The maximum absolute atomic E-state index is 13.7. The van der Waals surface area contributed by atoms with E-state index in [-0.39, 0.29) is 89.3 Å². The van der Waals surface area contributed by atoms with Gasteiger partial charge in [0.05, 0.1) is 58.3 Å². The number of rotatable bonds is 37. The minimum atomic E-state index is -1.64. The number of hydrogen-bond acceptors (Lipinski definition) is 18. The fraction of sp³-hybridized carbons (Fsp3) is 0.587. The van der Waals surface area contributed by atoms with Gasteiger partial charge >= 0.3 is 24.2 Å². The van der Waals surface area contributed by atoms with Crippen molar-refractivity contribution in [3.8, 4) is 0 Å². The number of carbonyl (C=O) groups excluding carboxylic acids is 9. The highest BCUT2D eigenvalue weighted by atomic mass is 16.6. The predicted molar refractivity (Wildman–Crippen MR) is 327 cm³/mol. The fourth-order valence-electron chi connectivity index (χ4n) is 10.4. The van der Waals surface area contributed by atoms with Gasteiger partial charge in [-0.1, -0.05) is 50.3 Å². The normalized spacial score (nSPS) is 18.6. The van der Waals surface area contributed by atoms with Gasteiger partial charge < -0.3 is 80.4 Å². The molecule has 3 unspecified atom stereocenters. The first kappa shape index (κ1) is 72.0. The van der Waals surface area contributed by atoms with Crippen LogP contribution in [0.2, 0.25) is 0 Å². The van der Waals surface area contributed by atoms with E-state index in [0.29, 0.717) is 82.1 Å². The van der Waals surface area contributed by atoms with Crippen LogP contribution in [0.5, 0.6) is 0 Å². The Balaban J connectivity index is 0.978. The van der Waals surface area contributed by atoms with Crippen molar-refractivity contribution >= 4 is 65.4 Å². The number of ether oxygens (including phenoxy) is 7. The number of esters is 1. The number of Topliss-reactive ketones (excluding diaryl/α,β-unsaturated/α-hetero) is 1. The number of urea groups is 1. The van der Waals surface area contributed by atoms with Gasteiger partial charge in [0.15, 0.2) is 5.78 Å². The molecule has 1 spiro atoms. The molecule has 1 saturated carbocycles. The number of benzene rings is 1. The number of fused-ring (bicyclic) bond motifs is 1. The number of nitrogens with two attached hydrogens (primary N) is 1. The summed E-state index contributed by atoms with van der Waals surface area (Å²) in [7, 11) is 2.99. The average molecular weight is 1250 g/mol. The lowest BCUT2D eigenvalue weighted by atomic mass is 9.67. The Kier molecular flexibility index (Phi) is 27.7. The zero-order valence-corrected chi connectivity index (χ0v) is 52.9. The summed E-state index contributed by atoms with van der Waals surface area (Å²) < 4.78 is 39.1. The number of pyridine rings is 1. The molecule has 26 nitrogen and oxygen atoms in total. The van der Waals surface area contributed by atoms with E-state index in [9.17, 15) is 48.3 Å². The Bertz CT molecular complexity index is 2890. The largest absolute Gasteiger partial charge is 0.465 e. The van der Waals surface area contributed by atoms with Gasteiger partial charge in [-0.3, -0.25) is 33.8 Å².